The fourth-order valence-corrected chi connectivity index (χ4v) is 4.02. The molecule has 0 unspecified atom stereocenters. The molecule has 8 nitrogen and oxygen atoms in total. The van der Waals surface area contributed by atoms with E-state index in [4.69, 9.17) is 0 Å². The molecule has 1 N–H and O–H groups in total. The number of nitro groups is 1. The van der Waals surface area contributed by atoms with Crippen LogP contribution in [0.5, 0.6) is 0 Å². The second-order valence-corrected chi connectivity index (χ2v) is 8.60. The smallest absolute Gasteiger partial charge is 0.293 e. The lowest BCUT2D eigenvalue weighted by molar-refractivity contribution is -0.384. The van der Waals surface area contributed by atoms with Gasteiger partial charge in [0.25, 0.3) is 5.69 Å². The highest BCUT2D eigenvalue weighted by atomic mass is 32.2. The Bertz CT molecular complexity index is 985. The van der Waals surface area contributed by atoms with Crippen LogP contribution in [0.4, 0.5) is 11.4 Å². The van der Waals surface area contributed by atoms with E-state index >= 15 is 0 Å². The van der Waals surface area contributed by atoms with Crippen molar-refractivity contribution in [2.24, 2.45) is 0 Å². The molecule has 2 aromatic carbocycles. The molecule has 0 spiro atoms. The summed E-state index contributed by atoms with van der Waals surface area (Å²) in [6.45, 7) is 3.63. The molecule has 1 aliphatic rings. The van der Waals surface area contributed by atoms with Gasteiger partial charge in [0.15, 0.2) is 0 Å². The Morgan fingerprint density at radius 3 is 2.41 bits per heavy atom. The number of nitrogens with zero attached hydrogens (tertiary/aromatic N) is 3. The molecule has 0 atom stereocenters. The van der Waals surface area contributed by atoms with Gasteiger partial charge in [-0.2, -0.15) is 0 Å². The van der Waals surface area contributed by atoms with Crippen molar-refractivity contribution in [2.45, 2.75) is 4.90 Å². The van der Waals surface area contributed by atoms with Crippen molar-refractivity contribution in [3.8, 4) is 0 Å². The zero-order valence-electron chi connectivity index (χ0n) is 16.2. The van der Waals surface area contributed by atoms with Gasteiger partial charge in [-0.05, 0) is 24.7 Å². The fourth-order valence-electron chi connectivity index (χ4n) is 3.28. The van der Waals surface area contributed by atoms with Crippen LogP contribution in [0.25, 0.3) is 6.08 Å². The van der Waals surface area contributed by atoms with Crippen molar-refractivity contribution in [3.63, 3.8) is 0 Å². The summed E-state index contributed by atoms with van der Waals surface area (Å²) in [6.07, 6.45) is 4.20. The van der Waals surface area contributed by atoms with E-state index in [2.05, 4.69) is 21.8 Å². The van der Waals surface area contributed by atoms with Gasteiger partial charge in [0.05, 0.1) is 9.82 Å². The first-order valence-electron chi connectivity index (χ1n) is 9.31. The molecule has 154 valence electrons. The van der Waals surface area contributed by atoms with Crippen LogP contribution in [0, 0.1) is 10.1 Å². The van der Waals surface area contributed by atoms with Crippen LogP contribution in [0.2, 0.25) is 0 Å². The summed E-state index contributed by atoms with van der Waals surface area (Å²) in [6, 6.07) is 14.1. The third-order valence-electron chi connectivity index (χ3n) is 4.91. The van der Waals surface area contributed by atoms with Crippen molar-refractivity contribution in [3.05, 3.63) is 70.3 Å². The van der Waals surface area contributed by atoms with E-state index in [0.29, 0.717) is 18.8 Å². The normalized spacial score (nSPS) is 15.7. The maximum atomic E-state index is 11.9. The van der Waals surface area contributed by atoms with Gasteiger partial charge in [-0.15, -0.1) is 0 Å². The van der Waals surface area contributed by atoms with Crippen LogP contribution in [-0.2, 0) is 10.0 Å². The molecule has 1 saturated heterocycles. The van der Waals surface area contributed by atoms with Gasteiger partial charge < -0.3 is 4.90 Å². The lowest BCUT2D eigenvalue weighted by atomic mass is 10.2. The average molecular weight is 417 g/mol. The highest BCUT2D eigenvalue weighted by Gasteiger charge is 2.26. The Kier molecular flexibility index (Phi) is 6.63. The minimum atomic E-state index is -3.73. The second kappa shape index (κ2) is 9.17. The number of nitrogens with one attached hydrogen (secondary N) is 1. The molecular weight excluding hydrogens is 392 g/mol. The van der Waals surface area contributed by atoms with Gasteiger partial charge in [-0.3, -0.25) is 15.0 Å². The predicted molar refractivity (Wildman–Crippen MR) is 113 cm³/mol. The standard InChI is InChI=1S/C20H24N4O4S/c1-21-29(27,28)18-9-10-19(20(16-18)24(25)26)23-14-12-22(13-15-23)11-5-8-17-6-3-2-4-7-17/h2-10,16,21H,11-15H2,1H3/b8-5+. The van der Waals surface area contributed by atoms with Crippen molar-refractivity contribution in [1.82, 2.24) is 9.62 Å². The Balaban J connectivity index is 1.66. The molecule has 0 bridgehead atoms. The zero-order chi connectivity index (χ0) is 20.9. The molecule has 1 heterocycles. The first-order valence-corrected chi connectivity index (χ1v) is 10.8. The third-order valence-corrected chi connectivity index (χ3v) is 6.32. The van der Waals surface area contributed by atoms with Gasteiger partial charge >= 0.3 is 0 Å². The van der Waals surface area contributed by atoms with Crippen molar-refractivity contribution >= 4 is 27.5 Å². The van der Waals surface area contributed by atoms with E-state index in [1.54, 1.807) is 0 Å². The molecule has 29 heavy (non-hydrogen) atoms. The van der Waals surface area contributed by atoms with Crippen LogP contribution < -0.4 is 9.62 Å². The number of nitro benzene ring substituents is 1. The molecule has 0 saturated carbocycles. The van der Waals surface area contributed by atoms with Crippen molar-refractivity contribution in [1.29, 1.82) is 0 Å². The van der Waals surface area contributed by atoms with Gasteiger partial charge in [0.2, 0.25) is 10.0 Å². The summed E-state index contributed by atoms with van der Waals surface area (Å²) in [4.78, 5) is 15.1. The molecule has 1 fully saturated rings. The Labute approximate surface area is 170 Å². The largest absolute Gasteiger partial charge is 0.363 e. The van der Waals surface area contributed by atoms with Crippen LogP contribution in [0.1, 0.15) is 5.56 Å². The molecule has 0 aliphatic carbocycles. The average Bonchev–Trinajstić information content (AvgIpc) is 2.74. The fraction of sp³-hybridized carbons (Fsp3) is 0.300. The molecule has 3 rings (SSSR count). The lowest BCUT2D eigenvalue weighted by Crippen LogP contribution is -2.46. The molecule has 0 aromatic heterocycles. The summed E-state index contributed by atoms with van der Waals surface area (Å²) in [5.74, 6) is 0. The Hall–Kier alpha value is -2.75. The number of hydrogen-bond donors (Lipinski definition) is 1. The lowest BCUT2D eigenvalue weighted by Gasteiger charge is -2.35. The molecule has 9 heteroatoms. The number of sulfonamides is 1. The summed E-state index contributed by atoms with van der Waals surface area (Å²) in [7, 11) is -2.45. The maximum Gasteiger partial charge on any atom is 0.293 e. The number of benzene rings is 2. The van der Waals surface area contributed by atoms with Crippen LogP contribution in [0.3, 0.4) is 0 Å². The molecule has 0 radical (unpaired) electrons. The Morgan fingerprint density at radius 2 is 1.79 bits per heavy atom. The number of piperazine rings is 1. The van der Waals surface area contributed by atoms with Crippen molar-refractivity contribution in [2.75, 3.05) is 44.7 Å². The van der Waals surface area contributed by atoms with Gasteiger partial charge in [-0.1, -0.05) is 42.5 Å². The summed E-state index contributed by atoms with van der Waals surface area (Å²) >= 11 is 0. The minimum Gasteiger partial charge on any atom is -0.363 e. The van der Waals surface area contributed by atoms with Crippen molar-refractivity contribution < 1.29 is 13.3 Å². The van der Waals surface area contributed by atoms with Crippen LogP contribution >= 0.6 is 0 Å². The van der Waals surface area contributed by atoms with Gasteiger partial charge in [0, 0.05) is 38.8 Å². The summed E-state index contributed by atoms with van der Waals surface area (Å²) in [5.41, 5.74) is 1.40. The maximum absolute atomic E-state index is 11.9. The number of anilines is 1. The monoisotopic (exact) mass is 416 g/mol. The van der Waals surface area contributed by atoms with Crippen LogP contribution in [0.15, 0.2) is 59.5 Å². The second-order valence-electron chi connectivity index (χ2n) is 6.72. The highest BCUT2D eigenvalue weighted by molar-refractivity contribution is 7.89. The first kappa shape index (κ1) is 21.0. The van der Waals surface area contributed by atoms with E-state index in [9.17, 15) is 18.5 Å². The molecule has 2 aromatic rings. The summed E-state index contributed by atoms with van der Waals surface area (Å²) in [5, 5.41) is 11.5. The van der Waals surface area contributed by atoms with Gasteiger partial charge in [0.1, 0.15) is 5.69 Å². The predicted octanol–water partition coefficient (Wildman–Crippen LogP) is 2.34. The Morgan fingerprint density at radius 1 is 1.10 bits per heavy atom. The number of rotatable bonds is 7. The highest BCUT2D eigenvalue weighted by Crippen LogP contribution is 2.31. The summed E-state index contributed by atoms with van der Waals surface area (Å²) < 4.78 is 26.1. The topological polar surface area (TPSA) is 95.8 Å². The zero-order valence-corrected chi connectivity index (χ0v) is 17.0. The number of hydrogen-bond acceptors (Lipinski definition) is 6. The van der Waals surface area contributed by atoms with E-state index in [0.717, 1.165) is 31.3 Å². The van der Waals surface area contributed by atoms with Crippen LogP contribution in [-0.4, -0.2) is 58.0 Å². The van der Waals surface area contributed by atoms with Gasteiger partial charge in [-0.25, -0.2) is 13.1 Å². The quantitative estimate of drug-likeness (QED) is 0.550. The van der Waals surface area contributed by atoms with E-state index in [1.807, 2.05) is 35.2 Å². The minimum absolute atomic E-state index is 0.111. The SMILES string of the molecule is CNS(=O)(=O)c1ccc(N2CCN(C/C=C/c3ccccc3)CC2)c([N+](=O)[O-])c1. The van der Waals surface area contributed by atoms with E-state index in [1.165, 1.54) is 19.2 Å². The van der Waals surface area contributed by atoms with E-state index < -0.39 is 14.9 Å². The molecule has 1 aliphatic heterocycles. The van der Waals surface area contributed by atoms with E-state index in [-0.39, 0.29) is 10.6 Å². The molecular formula is C20H24N4O4S. The third kappa shape index (κ3) is 5.20. The first-order chi connectivity index (χ1) is 13.9. The molecule has 0 amide bonds.